The molecular formula is C15H24O3S. The van der Waals surface area contributed by atoms with E-state index in [9.17, 15) is 4.79 Å². The van der Waals surface area contributed by atoms with Gasteiger partial charge in [0.05, 0.1) is 6.61 Å². The monoisotopic (exact) mass is 284 g/mol. The first kappa shape index (κ1) is 15.9. The first-order valence-corrected chi connectivity index (χ1v) is 9.49. The number of hydrogen-bond acceptors (Lipinski definition) is 3. The lowest BCUT2D eigenvalue weighted by molar-refractivity contribution is -0.143. The van der Waals surface area contributed by atoms with Crippen LogP contribution in [0.4, 0.5) is 0 Å². The van der Waals surface area contributed by atoms with Gasteiger partial charge < -0.3 is 9.84 Å². The zero-order valence-corrected chi connectivity index (χ0v) is 12.8. The van der Waals surface area contributed by atoms with Gasteiger partial charge >= 0.3 is 5.97 Å². The number of phenols is 1. The van der Waals surface area contributed by atoms with Crippen molar-refractivity contribution in [1.82, 2.24) is 0 Å². The third kappa shape index (κ3) is 7.78. The Balaban J connectivity index is 2.15. The average Bonchev–Trinajstić information content (AvgIpc) is 2.30. The molecule has 0 saturated heterocycles. The van der Waals surface area contributed by atoms with Crippen LogP contribution in [0.3, 0.4) is 0 Å². The quantitative estimate of drug-likeness (QED) is 0.783. The van der Waals surface area contributed by atoms with Crippen molar-refractivity contribution in [3.63, 3.8) is 0 Å². The Morgan fingerprint density at radius 1 is 1.21 bits per heavy atom. The molecule has 0 aromatic heterocycles. The second kappa shape index (κ2) is 7.43. The standard InChI is InChI=1S/C15H24O3S/c1-19(2,3)12-11-18-15(17)6-4-5-13-7-9-14(16)10-8-13/h7-10,16H,4-6,11-12H2,1-3H3. The van der Waals surface area contributed by atoms with Crippen LogP contribution in [-0.4, -0.2) is 42.2 Å². The molecule has 0 spiro atoms. The van der Waals surface area contributed by atoms with E-state index in [-0.39, 0.29) is 11.7 Å². The van der Waals surface area contributed by atoms with Crippen LogP contribution in [0.25, 0.3) is 0 Å². The summed E-state index contributed by atoms with van der Waals surface area (Å²) in [7, 11) is -0.588. The largest absolute Gasteiger partial charge is 0.508 e. The molecule has 1 rings (SSSR count). The number of aromatic hydroxyl groups is 1. The van der Waals surface area contributed by atoms with E-state index in [4.69, 9.17) is 9.84 Å². The van der Waals surface area contributed by atoms with E-state index in [1.54, 1.807) is 12.1 Å². The highest BCUT2D eigenvalue weighted by atomic mass is 32.3. The fourth-order valence-corrected chi connectivity index (χ4v) is 2.16. The Morgan fingerprint density at radius 3 is 2.42 bits per heavy atom. The van der Waals surface area contributed by atoms with Gasteiger partial charge in [-0.05, 0) is 49.3 Å². The molecule has 1 aromatic carbocycles. The minimum atomic E-state index is -0.588. The number of ether oxygens (including phenoxy) is 1. The maximum Gasteiger partial charge on any atom is 0.305 e. The number of carbonyl (C=O) groups is 1. The van der Waals surface area contributed by atoms with Crippen LogP contribution in [0.5, 0.6) is 5.75 Å². The minimum absolute atomic E-state index is 0.109. The summed E-state index contributed by atoms with van der Waals surface area (Å²) in [6.45, 7) is 0.539. The van der Waals surface area contributed by atoms with Crippen molar-refractivity contribution < 1.29 is 14.6 Å². The van der Waals surface area contributed by atoms with Gasteiger partial charge in [-0.3, -0.25) is 4.79 Å². The zero-order valence-electron chi connectivity index (χ0n) is 12.0. The summed E-state index contributed by atoms with van der Waals surface area (Å²) in [5.74, 6) is 1.13. The molecule has 19 heavy (non-hydrogen) atoms. The number of phenolic OH excluding ortho intramolecular Hbond substituents is 1. The van der Waals surface area contributed by atoms with Crippen molar-refractivity contribution in [3.8, 4) is 5.75 Å². The molecule has 3 nitrogen and oxygen atoms in total. The Bertz CT molecular complexity index is 393. The van der Waals surface area contributed by atoms with Crippen LogP contribution >= 0.6 is 10.0 Å². The molecule has 0 amide bonds. The van der Waals surface area contributed by atoms with E-state index in [1.807, 2.05) is 12.1 Å². The summed E-state index contributed by atoms with van der Waals surface area (Å²) in [6.07, 6.45) is 8.72. The fourth-order valence-electron chi connectivity index (χ4n) is 1.58. The van der Waals surface area contributed by atoms with Crippen molar-refractivity contribution >= 4 is 16.0 Å². The molecule has 4 heteroatoms. The number of esters is 1. The molecule has 0 fully saturated rings. The highest BCUT2D eigenvalue weighted by molar-refractivity contribution is 8.32. The van der Waals surface area contributed by atoms with E-state index in [0.29, 0.717) is 13.0 Å². The summed E-state index contributed by atoms with van der Waals surface area (Å²) in [5, 5.41) is 9.16. The fraction of sp³-hybridized carbons (Fsp3) is 0.533. The van der Waals surface area contributed by atoms with Crippen molar-refractivity contribution in [2.45, 2.75) is 19.3 Å². The topological polar surface area (TPSA) is 46.5 Å². The van der Waals surface area contributed by atoms with Gasteiger partial charge in [-0.15, -0.1) is 0 Å². The molecule has 0 aliphatic rings. The van der Waals surface area contributed by atoms with Crippen LogP contribution in [0.2, 0.25) is 0 Å². The lowest BCUT2D eigenvalue weighted by Gasteiger charge is -2.24. The van der Waals surface area contributed by atoms with Crippen LogP contribution in [-0.2, 0) is 16.0 Å². The molecule has 0 aliphatic carbocycles. The molecule has 0 atom stereocenters. The van der Waals surface area contributed by atoms with Crippen LogP contribution < -0.4 is 0 Å². The number of hydrogen-bond donors (Lipinski definition) is 1. The summed E-state index contributed by atoms with van der Waals surface area (Å²) in [4.78, 5) is 11.5. The van der Waals surface area contributed by atoms with E-state index in [2.05, 4.69) is 18.8 Å². The molecule has 1 N–H and O–H groups in total. The Morgan fingerprint density at radius 2 is 1.84 bits per heavy atom. The summed E-state index contributed by atoms with van der Waals surface area (Å²) in [6, 6.07) is 7.09. The van der Waals surface area contributed by atoms with E-state index in [1.165, 1.54) is 0 Å². The molecule has 0 heterocycles. The molecule has 0 saturated carbocycles. The maximum atomic E-state index is 11.5. The Hall–Kier alpha value is -1.16. The first-order valence-electron chi connectivity index (χ1n) is 6.46. The summed E-state index contributed by atoms with van der Waals surface area (Å²) < 4.78 is 5.22. The third-order valence-corrected chi connectivity index (χ3v) is 4.13. The number of aryl methyl sites for hydroxylation is 1. The minimum Gasteiger partial charge on any atom is -0.508 e. The zero-order chi connectivity index (χ0) is 14.3. The lowest BCUT2D eigenvalue weighted by Crippen LogP contribution is -2.12. The van der Waals surface area contributed by atoms with E-state index in [0.717, 1.165) is 24.2 Å². The van der Waals surface area contributed by atoms with Gasteiger partial charge in [-0.25, -0.2) is 10.0 Å². The number of benzene rings is 1. The maximum absolute atomic E-state index is 11.5. The molecule has 0 radical (unpaired) electrons. The molecule has 0 bridgehead atoms. The van der Waals surface area contributed by atoms with Gasteiger partial charge in [-0.1, -0.05) is 12.1 Å². The van der Waals surface area contributed by atoms with Crippen LogP contribution in [0.15, 0.2) is 24.3 Å². The van der Waals surface area contributed by atoms with Crippen molar-refractivity contribution in [3.05, 3.63) is 29.8 Å². The van der Waals surface area contributed by atoms with Crippen molar-refractivity contribution in [2.24, 2.45) is 0 Å². The van der Waals surface area contributed by atoms with Gasteiger partial charge in [0.15, 0.2) is 0 Å². The second-order valence-electron chi connectivity index (χ2n) is 5.54. The molecule has 0 unspecified atom stereocenters. The highest BCUT2D eigenvalue weighted by Crippen LogP contribution is 2.33. The van der Waals surface area contributed by atoms with Crippen LogP contribution in [0, 0.1) is 0 Å². The third-order valence-electron chi connectivity index (χ3n) is 2.74. The molecule has 108 valence electrons. The number of rotatable bonds is 7. The Kier molecular flexibility index (Phi) is 6.22. The summed E-state index contributed by atoms with van der Waals surface area (Å²) >= 11 is 0. The molecule has 0 aliphatic heterocycles. The number of carbonyl (C=O) groups excluding carboxylic acids is 1. The van der Waals surface area contributed by atoms with Gasteiger partial charge in [0.2, 0.25) is 0 Å². The Labute approximate surface area is 117 Å². The first-order chi connectivity index (χ1) is 8.87. The predicted octanol–water partition coefficient (Wildman–Crippen LogP) is 2.95. The van der Waals surface area contributed by atoms with Crippen molar-refractivity contribution in [1.29, 1.82) is 0 Å². The van der Waals surface area contributed by atoms with Gasteiger partial charge in [0.25, 0.3) is 0 Å². The van der Waals surface area contributed by atoms with Crippen LogP contribution in [0.1, 0.15) is 18.4 Å². The SMILES string of the molecule is CS(C)(C)CCOC(=O)CCCc1ccc(O)cc1. The second-order valence-corrected chi connectivity index (χ2v) is 10.1. The summed E-state index contributed by atoms with van der Waals surface area (Å²) in [5.41, 5.74) is 1.13. The van der Waals surface area contributed by atoms with Gasteiger partial charge in [-0.2, -0.15) is 0 Å². The average molecular weight is 284 g/mol. The van der Waals surface area contributed by atoms with E-state index >= 15 is 0 Å². The van der Waals surface area contributed by atoms with E-state index < -0.39 is 10.0 Å². The van der Waals surface area contributed by atoms with Gasteiger partial charge in [0, 0.05) is 12.2 Å². The smallest absolute Gasteiger partial charge is 0.305 e. The lowest BCUT2D eigenvalue weighted by atomic mass is 10.1. The predicted molar refractivity (Wildman–Crippen MR) is 82.2 cm³/mol. The van der Waals surface area contributed by atoms with Gasteiger partial charge in [0.1, 0.15) is 5.75 Å². The molecular weight excluding hydrogens is 260 g/mol. The normalized spacial score (nSPS) is 12.2. The molecule has 1 aromatic rings. The highest BCUT2D eigenvalue weighted by Gasteiger charge is 2.07. The van der Waals surface area contributed by atoms with Crippen molar-refractivity contribution in [2.75, 3.05) is 31.1 Å².